The number of hydrogen-bond acceptors (Lipinski definition) is 2. The summed E-state index contributed by atoms with van der Waals surface area (Å²) in [4.78, 5) is 11.4. The van der Waals surface area contributed by atoms with Crippen LogP contribution in [0.2, 0.25) is 0 Å². The summed E-state index contributed by atoms with van der Waals surface area (Å²) in [5.74, 6) is -19.7. The third-order valence-electron chi connectivity index (χ3n) is 2.75. The molecule has 0 spiro atoms. The zero-order chi connectivity index (χ0) is 15.3. The fraction of sp³-hybridized carbons (Fsp3) is 0.909. The van der Waals surface area contributed by atoms with Crippen molar-refractivity contribution in [1.29, 1.82) is 0 Å². The van der Waals surface area contributed by atoms with Crippen molar-refractivity contribution in [3.63, 3.8) is 0 Å². The first kappa shape index (κ1) is 16.1. The van der Waals surface area contributed by atoms with Crippen LogP contribution in [0.4, 0.5) is 26.3 Å². The zero-order valence-electron chi connectivity index (χ0n) is 10.6. The van der Waals surface area contributed by atoms with Gasteiger partial charge in [-0.15, -0.1) is 0 Å². The Hall–Kier alpha value is -0.950. The average Bonchev–Trinajstić information content (AvgIpc) is 2.11. The summed E-state index contributed by atoms with van der Waals surface area (Å²) < 4.78 is 83.4. The second-order valence-corrected chi connectivity index (χ2v) is 5.53. The summed E-state index contributed by atoms with van der Waals surface area (Å²) in [5.41, 5.74) is -1.16. The molecule has 1 saturated carbocycles. The van der Waals surface area contributed by atoms with Gasteiger partial charge in [0.2, 0.25) is 0 Å². The predicted octanol–water partition coefficient (Wildman–Crippen LogP) is 3.64. The number of rotatable bonds is 1. The zero-order valence-corrected chi connectivity index (χ0v) is 10.6. The molecule has 2 nitrogen and oxygen atoms in total. The Morgan fingerprint density at radius 3 is 2.00 bits per heavy atom. The van der Waals surface area contributed by atoms with E-state index in [1.807, 2.05) is 0 Å². The van der Waals surface area contributed by atoms with Crippen molar-refractivity contribution in [2.24, 2.45) is 5.92 Å². The molecule has 0 N–H and O–H groups in total. The lowest BCUT2D eigenvalue weighted by molar-refractivity contribution is -0.343. The maximum atomic E-state index is 13.4. The lowest BCUT2D eigenvalue weighted by Crippen LogP contribution is -2.63. The maximum absolute atomic E-state index is 13.4. The quantitative estimate of drug-likeness (QED) is 0.545. The highest BCUT2D eigenvalue weighted by atomic mass is 19.3. The van der Waals surface area contributed by atoms with Gasteiger partial charge in [-0.2, -0.15) is 26.3 Å². The van der Waals surface area contributed by atoms with Gasteiger partial charge in [0.05, 0.1) is 0 Å². The summed E-state index contributed by atoms with van der Waals surface area (Å²) >= 11 is 0. The third kappa shape index (κ3) is 2.67. The molecule has 1 rings (SSSR count). The molecule has 0 amide bonds. The molecule has 1 fully saturated rings. The van der Waals surface area contributed by atoms with Gasteiger partial charge >= 0.3 is 23.7 Å². The molecule has 1 atom stereocenters. The minimum Gasteiger partial charge on any atom is -0.460 e. The minimum atomic E-state index is -5.57. The van der Waals surface area contributed by atoms with Crippen LogP contribution in [-0.2, 0) is 9.53 Å². The van der Waals surface area contributed by atoms with Gasteiger partial charge in [-0.05, 0) is 27.2 Å². The molecule has 112 valence electrons. The lowest BCUT2D eigenvalue weighted by Gasteiger charge is -2.41. The van der Waals surface area contributed by atoms with Gasteiger partial charge in [0.25, 0.3) is 0 Å². The van der Waals surface area contributed by atoms with Crippen LogP contribution in [0, 0.1) is 5.92 Å². The Labute approximate surface area is 106 Å². The van der Waals surface area contributed by atoms with Crippen molar-refractivity contribution in [3.05, 3.63) is 0 Å². The topological polar surface area (TPSA) is 26.3 Å². The monoisotopic (exact) mass is 292 g/mol. The van der Waals surface area contributed by atoms with Crippen LogP contribution in [0.15, 0.2) is 0 Å². The van der Waals surface area contributed by atoms with Gasteiger partial charge in [0.15, 0.2) is 0 Å². The van der Waals surface area contributed by atoms with Crippen molar-refractivity contribution < 1.29 is 35.9 Å². The molecule has 0 saturated heterocycles. The van der Waals surface area contributed by atoms with E-state index in [-0.39, 0.29) is 0 Å². The number of halogens is 6. The Balaban J connectivity index is 3.04. The van der Waals surface area contributed by atoms with Gasteiger partial charge in [0.1, 0.15) is 11.5 Å². The largest absolute Gasteiger partial charge is 0.460 e. The number of alkyl halides is 6. The molecule has 0 bridgehead atoms. The summed E-state index contributed by atoms with van der Waals surface area (Å²) in [6.45, 7) is 4.08. The van der Waals surface area contributed by atoms with Crippen LogP contribution >= 0.6 is 0 Å². The van der Waals surface area contributed by atoms with Gasteiger partial charge in [-0.3, -0.25) is 4.79 Å². The van der Waals surface area contributed by atoms with Crippen LogP contribution in [0.25, 0.3) is 0 Å². The Kier molecular flexibility index (Phi) is 3.62. The highest BCUT2D eigenvalue weighted by molar-refractivity contribution is 5.74. The smallest absolute Gasteiger partial charge is 0.372 e. The second-order valence-electron chi connectivity index (χ2n) is 5.53. The molecule has 19 heavy (non-hydrogen) atoms. The fourth-order valence-electron chi connectivity index (χ4n) is 1.77. The van der Waals surface area contributed by atoms with Gasteiger partial charge in [-0.1, -0.05) is 0 Å². The molecular formula is C11H14F6O2. The molecule has 8 heteroatoms. The Bertz CT molecular complexity index is 372. The van der Waals surface area contributed by atoms with Crippen molar-refractivity contribution >= 4 is 5.97 Å². The summed E-state index contributed by atoms with van der Waals surface area (Å²) in [6, 6.07) is 0. The van der Waals surface area contributed by atoms with Gasteiger partial charge < -0.3 is 4.74 Å². The van der Waals surface area contributed by atoms with Crippen molar-refractivity contribution in [1.82, 2.24) is 0 Å². The number of ether oxygens (including phenoxy) is 1. The normalized spacial score (nSPS) is 28.8. The highest BCUT2D eigenvalue weighted by Gasteiger charge is 2.77. The summed E-state index contributed by atoms with van der Waals surface area (Å²) in [6.07, 6.45) is -2.54. The van der Waals surface area contributed by atoms with Crippen LogP contribution in [0.1, 0.15) is 33.6 Å². The molecule has 1 unspecified atom stereocenters. The standard InChI is InChI=1S/C11H14F6O2/c1-8(2,3)19-7(18)6-4-5-9(12,13)11(16,17)10(6,14)15/h6H,4-5H2,1-3H3. The Morgan fingerprint density at radius 1 is 1.11 bits per heavy atom. The van der Waals surface area contributed by atoms with E-state index in [2.05, 4.69) is 4.74 Å². The molecule has 0 radical (unpaired) electrons. The third-order valence-corrected chi connectivity index (χ3v) is 2.75. The summed E-state index contributed by atoms with van der Waals surface area (Å²) in [7, 11) is 0. The first-order valence-electron chi connectivity index (χ1n) is 5.59. The first-order chi connectivity index (χ1) is 8.22. The molecule has 0 heterocycles. The van der Waals surface area contributed by atoms with Crippen LogP contribution < -0.4 is 0 Å². The minimum absolute atomic E-state index is 1.05. The van der Waals surface area contributed by atoms with E-state index in [1.165, 1.54) is 20.8 Å². The van der Waals surface area contributed by atoms with E-state index in [1.54, 1.807) is 0 Å². The van der Waals surface area contributed by atoms with Gasteiger partial charge in [-0.25, -0.2) is 0 Å². The van der Waals surface area contributed by atoms with Crippen LogP contribution in [-0.4, -0.2) is 29.3 Å². The lowest BCUT2D eigenvalue weighted by atomic mass is 9.80. The van der Waals surface area contributed by atoms with E-state index in [9.17, 15) is 31.1 Å². The van der Waals surface area contributed by atoms with E-state index < -0.39 is 48.1 Å². The molecular weight excluding hydrogens is 278 g/mol. The number of hydrogen-bond donors (Lipinski definition) is 0. The Morgan fingerprint density at radius 2 is 1.58 bits per heavy atom. The molecule has 1 aliphatic carbocycles. The SMILES string of the molecule is CC(C)(C)OC(=O)C1CCC(F)(F)C(F)(F)C1(F)F. The number of carbonyl (C=O) groups excluding carboxylic acids is 1. The number of esters is 1. The van der Waals surface area contributed by atoms with E-state index in [0.717, 1.165) is 0 Å². The second kappa shape index (κ2) is 4.28. The molecule has 1 aliphatic rings. The molecule has 0 aliphatic heterocycles. The highest BCUT2D eigenvalue weighted by Crippen LogP contribution is 2.56. The fourth-order valence-corrected chi connectivity index (χ4v) is 1.77. The van der Waals surface area contributed by atoms with E-state index in [0.29, 0.717) is 0 Å². The molecule has 0 aromatic heterocycles. The van der Waals surface area contributed by atoms with Crippen molar-refractivity contribution in [2.45, 2.75) is 57.0 Å². The maximum Gasteiger partial charge on any atom is 0.372 e. The van der Waals surface area contributed by atoms with E-state index >= 15 is 0 Å². The van der Waals surface area contributed by atoms with Crippen LogP contribution in [0.3, 0.4) is 0 Å². The van der Waals surface area contributed by atoms with Crippen molar-refractivity contribution in [2.75, 3.05) is 0 Å². The predicted molar refractivity (Wildman–Crippen MR) is 53.4 cm³/mol. The van der Waals surface area contributed by atoms with Crippen molar-refractivity contribution in [3.8, 4) is 0 Å². The molecule has 0 aromatic carbocycles. The average molecular weight is 292 g/mol. The first-order valence-corrected chi connectivity index (χ1v) is 5.59. The van der Waals surface area contributed by atoms with Gasteiger partial charge in [0, 0.05) is 6.42 Å². The summed E-state index contributed by atoms with van der Waals surface area (Å²) in [5, 5.41) is 0. The van der Waals surface area contributed by atoms with Crippen LogP contribution in [0.5, 0.6) is 0 Å². The molecule has 0 aromatic rings. The number of carbonyl (C=O) groups is 1. The van der Waals surface area contributed by atoms with E-state index in [4.69, 9.17) is 0 Å².